The molecule has 0 atom stereocenters. The Hall–Kier alpha value is -5.50. The summed E-state index contributed by atoms with van der Waals surface area (Å²) in [5.74, 6) is 0. The van der Waals surface area contributed by atoms with Gasteiger partial charge in [0.15, 0.2) is 0 Å². The van der Waals surface area contributed by atoms with Crippen LogP contribution in [0.15, 0.2) is 84.9 Å². The minimum atomic E-state index is -0.385. The predicted octanol–water partition coefficient (Wildman–Crippen LogP) is 15.7. The summed E-state index contributed by atoms with van der Waals surface area (Å²) in [4.78, 5) is 30.2. The summed E-state index contributed by atoms with van der Waals surface area (Å²) in [5, 5.41) is 26.3. The van der Waals surface area contributed by atoms with Crippen molar-refractivity contribution in [2.45, 2.75) is 132 Å². The van der Waals surface area contributed by atoms with E-state index in [1.807, 2.05) is 64.1 Å². The van der Waals surface area contributed by atoms with Crippen molar-refractivity contribution in [1.29, 1.82) is 0 Å². The fourth-order valence-electron chi connectivity index (χ4n) is 8.68. The Morgan fingerprint density at radius 1 is 0.433 bits per heavy atom. The largest absolute Gasteiger partial charge is 0.341 e. The number of hydrogen-bond acceptors (Lipinski definition) is 6. The molecule has 318 valence electrons. The molecule has 8 heteroatoms. The molecular formula is C52H66N4O4. The fourth-order valence-corrected chi connectivity index (χ4v) is 8.68. The third-order valence-corrected chi connectivity index (χ3v) is 12.0. The van der Waals surface area contributed by atoms with Crippen molar-refractivity contribution in [3.63, 3.8) is 0 Å². The van der Waals surface area contributed by atoms with Crippen LogP contribution in [0.4, 0.5) is 34.1 Å². The van der Waals surface area contributed by atoms with Crippen molar-refractivity contribution < 1.29 is 9.85 Å². The van der Waals surface area contributed by atoms with Gasteiger partial charge in [-0.2, -0.15) is 0 Å². The van der Waals surface area contributed by atoms with E-state index < -0.39 is 0 Å². The van der Waals surface area contributed by atoms with Crippen LogP contribution in [0.5, 0.6) is 0 Å². The lowest BCUT2D eigenvalue weighted by Crippen LogP contribution is -2.21. The topological polar surface area (TPSA) is 92.8 Å². The molecule has 0 N–H and O–H groups in total. The van der Waals surface area contributed by atoms with Gasteiger partial charge in [-0.05, 0) is 123 Å². The second-order valence-electron chi connectivity index (χ2n) is 16.7. The van der Waals surface area contributed by atoms with Crippen molar-refractivity contribution in [1.82, 2.24) is 0 Å². The van der Waals surface area contributed by atoms with E-state index >= 15 is 0 Å². The van der Waals surface area contributed by atoms with Crippen LogP contribution < -0.4 is 9.80 Å². The summed E-state index contributed by atoms with van der Waals surface area (Å²) in [5.41, 5.74) is 11.3. The molecule has 5 rings (SSSR count). The molecule has 0 fully saturated rings. The summed E-state index contributed by atoms with van der Waals surface area (Å²) < 4.78 is 0. The van der Waals surface area contributed by atoms with E-state index in [0.29, 0.717) is 11.1 Å². The first-order valence-corrected chi connectivity index (χ1v) is 22.2. The highest BCUT2D eigenvalue weighted by molar-refractivity contribution is 5.91. The lowest BCUT2D eigenvalue weighted by Gasteiger charge is -2.30. The van der Waals surface area contributed by atoms with Crippen molar-refractivity contribution in [2.75, 3.05) is 22.9 Å². The third-order valence-electron chi connectivity index (χ3n) is 12.0. The monoisotopic (exact) mass is 811 g/mol. The second-order valence-corrected chi connectivity index (χ2v) is 16.7. The summed E-state index contributed by atoms with van der Waals surface area (Å²) in [6.45, 7) is 18.2. The predicted molar refractivity (Wildman–Crippen MR) is 253 cm³/mol. The van der Waals surface area contributed by atoms with Gasteiger partial charge in [0.05, 0.1) is 21.0 Å². The molecule has 5 aromatic rings. The first kappa shape index (κ1) is 45.6. The zero-order valence-electron chi connectivity index (χ0n) is 37.4. The lowest BCUT2D eigenvalue weighted by atomic mass is 9.89. The van der Waals surface area contributed by atoms with Gasteiger partial charge >= 0.3 is 0 Å². The standard InChI is InChI=1S/C52H66N4O4/c1-9-11-13-15-17-23-29-53(47-27-21-19-25-39(47)5)49-33-37(3)31-43(41(49)7)45-35-52(56(59)60)46(36-51(45)55(57)58)44-32-38(4)34-50(42(44)8)54(30-24-18-16-14-12-10-2)48-28-22-20-26-40(48)6/h19-22,25-28,31-36H,9-18,23-24,29-30H2,1-8H3. The molecule has 60 heavy (non-hydrogen) atoms. The number of nitrogens with zero attached hydrogens (tertiary/aromatic N) is 4. The highest BCUT2D eigenvalue weighted by Crippen LogP contribution is 2.47. The van der Waals surface area contributed by atoms with Crippen molar-refractivity contribution in [2.24, 2.45) is 0 Å². The van der Waals surface area contributed by atoms with Crippen molar-refractivity contribution in [3.05, 3.63) is 139 Å². The highest BCUT2D eigenvalue weighted by atomic mass is 16.6. The van der Waals surface area contributed by atoms with Gasteiger partial charge < -0.3 is 9.80 Å². The Morgan fingerprint density at radius 3 is 1.13 bits per heavy atom. The van der Waals surface area contributed by atoms with E-state index in [0.717, 1.165) is 94.9 Å². The number of rotatable bonds is 22. The van der Waals surface area contributed by atoms with Gasteiger partial charge in [-0.1, -0.05) is 127 Å². The molecule has 0 saturated heterocycles. The number of nitro groups is 2. The zero-order valence-corrected chi connectivity index (χ0v) is 37.4. The van der Waals surface area contributed by atoms with Crippen molar-refractivity contribution in [3.8, 4) is 22.3 Å². The molecule has 0 aliphatic rings. The molecule has 0 amide bonds. The third kappa shape index (κ3) is 11.0. The molecule has 0 spiro atoms. The van der Waals surface area contributed by atoms with Crippen LogP contribution in [0.1, 0.15) is 124 Å². The van der Waals surface area contributed by atoms with Crippen LogP contribution in [0, 0.1) is 61.8 Å². The van der Waals surface area contributed by atoms with Gasteiger partial charge in [0.2, 0.25) is 0 Å². The van der Waals surface area contributed by atoms with E-state index in [-0.39, 0.29) is 32.3 Å². The van der Waals surface area contributed by atoms with Crippen molar-refractivity contribution >= 4 is 34.1 Å². The first-order valence-electron chi connectivity index (χ1n) is 22.2. The Labute approximate surface area is 359 Å². The van der Waals surface area contributed by atoms with E-state index in [9.17, 15) is 20.2 Å². The Morgan fingerprint density at radius 2 is 0.783 bits per heavy atom. The molecule has 0 saturated carbocycles. The maximum Gasteiger partial charge on any atom is 0.278 e. The molecule has 0 aliphatic heterocycles. The van der Waals surface area contributed by atoms with E-state index in [1.54, 1.807) is 0 Å². The average Bonchev–Trinajstić information content (AvgIpc) is 3.22. The first-order chi connectivity index (χ1) is 28.9. The molecule has 0 radical (unpaired) electrons. The zero-order chi connectivity index (χ0) is 43.3. The maximum atomic E-state index is 13.2. The number of hydrogen-bond donors (Lipinski definition) is 0. The summed E-state index contributed by atoms with van der Waals surface area (Å²) >= 11 is 0. The van der Waals surface area contributed by atoms with Gasteiger partial charge in [0.25, 0.3) is 11.4 Å². The number of aryl methyl sites for hydroxylation is 4. The average molecular weight is 811 g/mol. The normalized spacial score (nSPS) is 11.2. The molecule has 0 heterocycles. The Kier molecular flexibility index (Phi) is 16.5. The number of nitro benzene ring substituents is 2. The van der Waals surface area contributed by atoms with Crippen LogP contribution in [-0.2, 0) is 0 Å². The van der Waals surface area contributed by atoms with Gasteiger partial charge in [0.1, 0.15) is 0 Å². The Bertz CT molecular complexity index is 2110. The van der Waals surface area contributed by atoms with Gasteiger partial charge in [-0.3, -0.25) is 20.2 Å². The molecule has 0 aliphatic carbocycles. The number of unbranched alkanes of at least 4 members (excludes halogenated alkanes) is 10. The van der Waals surface area contributed by atoms with Crippen LogP contribution in [0.2, 0.25) is 0 Å². The molecular weight excluding hydrogens is 745 g/mol. The minimum Gasteiger partial charge on any atom is -0.341 e. The van der Waals surface area contributed by atoms with Crippen LogP contribution in [-0.4, -0.2) is 22.9 Å². The minimum absolute atomic E-state index is 0.154. The van der Waals surface area contributed by atoms with E-state index in [4.69, 9.17) is 0 Å². The summed E-state index contributed by atoms with van der Waals surface area (Å²) in [6, 6.07) is 27.7. The Balaban J connectivity index is 1.65. The van der Waals surface area contributed by atoms with Crippen LogP contribution in [0.3, 0.4) is 0 Å². The van der Waals surface area contributed by atoms with E-state index in [2.05, 4.69) is 73.9 Å². The van der Waals surface area contributed by atoms with E-state index in [1.165, 1.54) is 63.5 Å². The number of para-hydroxylation sites is 2. The number of benzene rings is 5. The maximum absolute atomic E-state index is 13.2. The smallest absolute Gasteiger partial charge is 0.278 e. The SMILES string of the molecule is CCCCCCCCN(c1ccccc1C)c1cc(C)cc(-c2cc([N+](=O)[O-])c(-c3cc(C)cc(N(CCCCCCCC)c4ccccc4C)c3C)cc2[N+](=O)[O-])c1C. The molecule has 8 nitrogen and oxygen atoms in total. The molecule has 0 unspecified atom stereocenters. The molecule has 0 aromatic heterocycles. The second kappa shape index (κ2) is 21.7. The fraction of sp³-hybridized carbons (Fsp3) is 0.423. The lowest BCUT2D eigenvalue weighted by molar-refractivity contribution is -0.388. The van der Waals surface area contributed by atoms with Crippen LogP contribution >= 0.6 is 0 Å². The molecule has 5 aromatic carbocycles. The van der Waals surface area contributed by atoms with Gasteiger partial charge in [0, 0.05) is 48.0 Å². The quantitative estimate of drug-likeness (QED) is 0.0393. The van der Waals surface area contributed by atoms with Gasteiger partial charge in [-0.25, -0.2) is 0 Å². The number of anilines is 4. The van der Waals surface area contributed by atoms with Gasteiger partial charge in [-0.15, -0.1) is 0 Å². The highest BCUT2D eigenvalue weighted by Gasteiger charge is 2.30. The van der Waals surface area contributed by atoms with Crippen LogP contribution in [0.25, 0.3) is 22.3 Å². The molecule has 0 bridgehead atoms. The summed E-state index contributed by atoms with van der Waals surface area (Å²) in [7, 11) is 0. The summed E-state index contributed by atoms with van der Waals surface area (Å²) in [6.07, 6.45) is 13.9.